The molecule has 0 N–H and O–H groups in total. The van der Waals surface area contributed by atoms with E-state index < -0.39 is 0 Å². The number of pyridine rings is 1. The molecule has 2 aromatic heterocycles. The number of amides is 1. The van der Waals surface area contributed by atoms with Crippen LogP contribution in [-0.4, -0.2) is 46.3 Å². The monoisotopic (exact) mass is 406 g/mol. The smallest absolute Gasteiger partial charge is 0.258 e. The Morgan fingerprint density at radius 2 is 1.90 bits per heavy atom. The van der Waals surface area contributed by atoms with E-state index in [9.17, 15) is 4.79 Å². The lowest BCUT2D eigenvalue weighted by Gasteiger charge is -2.35. The summed E-state index contributed by atoms with van der Waals surface area (Å²) < 4.78 is 12.7. The van der Waals surface area contributed by atoms with E-state index in [-0.39, 0.29) is 11.9 Å². The first-order chi connectivity index (χ1) is 14.6. The molecule has 3 aromatic rings. The van der Waals surface area contributed by atoms with E-state index in [1.165, 1.54) is 0 Å². The summed E-state index contributed by atoms with van der Waals surface area (Å²) in [7, 11) is 5.04. The lowest BCUT2D eigenvalue weighted by molar-refractivity contribution is 0.0602. The second kappa shape index (κ2) is 8.57. The molecule has 1 saturated heterocycles. The van der Waals surface area contributed by atoms with Gasteiger partial charge in [-0.2, -0.15) is 5.10 Å². The summed E-state index contributed by atoms with van der Waals surface area (Å²) in [6, 6.07) is 9.24. The first-order valence-electron chi connectivity index (χ1n) is 10.1. The van der Waals surface area contributed by atoms with Crippen LogP contribution in [0.15, 0.2) is 48.9 Å². The summed E-state index contributed by atoms with van der Waals surface area (Å²) in [6.45, 7) is 0.677. The van der Waals surface area contributed by atoms with Gasteiger partial charge in [-0.1, -0.05) is 6.07 Å². The number of hydrogen-bond donors (Lipinski definition) is 0. The van der Waals surface area contributed by atoms with E-state index in [0.717, 1.165) is 36.1 Å². The Hall–Kier alpha value is -3.35. The molecule has 0 saturated carbocycles. The van der Waals surface area contributed by atoms with E-state index in [1.807, 2.05) is 41.0 Å². The number of nitrogens with zero attached hydrogens (tertiary/aromatic N) is 4. The standard InChI is InChI=1S/C23H26N4O3/c1-26-15-18(16-10-12-24-13-11-16)21(25-26)19-8-4-5-14-27(19)23(28)17-7-6-9-20(29-2)22(17)30-3/h6-7,9-13,15,19H,4-5,8,14H2,1-3H3. The molecule has 4 rings (SSSR count). The number of carbonyl (C=O) groups excluding carboxylic acids is 1. The van der Waals surface area contributed by atoms with Gasteiger partial charge >= 0.3 is 0 Å². The number of aromatic nitrogens is 3. The van der Waals surface area contributed by atoms with Gasteiger partial charge in [0.05, 0.1) is 31.5 Å². The van der Waals surface area contributed by atoms with Crippen LogP contribution in [0.2, 0.25) is 0 Å². The van der Waals surface area contributed by atoms with Gasteiger partial charge in [-0.25, -0.2) is 0 Å². The molecule has 156 valence electrons. The number of aryl methyl sites for hydroxylation is 1. The van der Waals surface area contributed by atoms with Crippen molar-refractivity contribution in [2.24, 2.45) is 7.05 Å². The number of piperidine rings is 1. The summed E-state index contributed by atoms with van der Waals surface area (Å²) >= 11 is 0. The van der Waals surface area contributed by atoms with Gasteiger partial charge in [0, 0.05) is 37.7 Å². The van der Waals surface area contributed by atoms with E-state index >= 15 is 0 Å². The molecule has 1 fully saturated rings. The van der Waals surface area contributed by atoms with Crippen LogP contribution in [-0.2, 0) is 7.05 Å². The van der Waals surface area contributed by atoms with Gasteiger partial charge in [0.25, 0.3) is 5.91 Å². The molecule has 3 heterocycles. The third-order valence-corrected chi connectivity index (χ3v) is 5.56. The molecule has 1 atom stereocenters. The normalized spacial score (nSPS) is 16.4. The van der Waals surface area contributed by atoms with Crippen molar-refractivity contribution in [2.75, 3.05) is 20.8 Å². The summed E-state index contributed by atoms with van der Waals surface area (Å²) in [5.74, 6) is 0.943. The van der Waals surface area contributed by atoms with Crippen molar-refractivity contribution in [3.8, 4) is 22.6 Å². The highest BCUT2D eigenvalue weighted by Gasteiger charge is 2.34. The molecule has 1 aliphatic rings. The van der Waals surface area contributed by atoms with Crippen LogP contribution >= 0.6 is 0 Å². The summed E-state index contributed by atoms with van der Waals surface area (Å²) in [4.78, 5) is 19.7. The fourth-order valence-electron chi connectivity index (χ4n) is 4.17. The van der Waals surface area contributed by atoms with Crippen LogP contribution in [0.3, 0.4) is 0 Å². The lowest BCUT2D eigenvalue weighted by Crippen LogP contribution is -2.39. The van der Waals surface area contributed by atoms with Gasteiger partial charge < -0.3 is 14.4 Å². The Kier molecular flexibility index (Phi) is 5.70. The van der Waals surface area contributed by atoms with Gasteiger partial charge in [-0.3, -0.25) is 14.5 Å². The quantitative estimate of drug-likeness (QED) is 0.643. The molecular formula is C23H26N4O3. The molecule has 7 nitrogen and oxygen atoms in total. The van der Waals surface area contributed by atoms with E-state index in [0.29, 0.717) is 23.6 Å². The van der Waals surface area contributed by atoms with Crippen LogP contribution < -0.4 is 9.47 Å². The van der Waals surface area contributed by atoms with Crippen LogP contribution in [0.5, 0.6) is 11.5 Å². The maximum Gasteiger partial charge on any atom is 0.258 e. The SMILES string of the molecule is COc1cccc(C(=O)N2CCCCC2c2nn(C)cc2-c2ccncc2)c1OC. The number of hydrogen-bond acceptors (Lipinski definition) is 5. The van der Waals surface area contributed by atoms with Crippen molar-refractivity contribution in [3.63, 3.8) is 0 Å². The van der Waals surface area contributed by atoms with E-state index in [1.54, 1.807) is 38.7 Å². The van der Waals surface area contributed by atoms with Crippen LogP contribution in [0.25, 0.3) is 11.1 Å². The number of likely N-dealkylation sites (tertiary alicyclic amines) is 1. The minimum absolute atomic E-state index is 0.0678. The number of carbonyl (C=O) groups is 1. The summed E-state index contributed by atoms with van der Waals surface area (Å²) in [5, 5.41) is 4.76. The predicted octanol–water partition coefficient (Wildman–Crippen LogP) is 3.87. The van der Waals surface area contributed by atoms with Gasteiger partial charge in [0.2, 0.25) is 0 Å². The second-order valence-electron chi connectivity index (χ2n) is 7.39. The summed E-state index contributed by atoms with van der Waals surface area (Å²) in [6.07, 6.45) is 8.44. The summed E-state index contributed by atoms with van der Waals surface area (Å²) in [5.41, 5.74) is 3.50. The number of benzene rings is 1. The van der Waals surface area contributed by atoms with Crippen molar-refractivity contribution in [1.82, 2.24) is 19.7 Å². The Balaban J connectivity index is 1.75. The number of methoxy groups -OCH3 is 2. The zero-order chi connectivity index (χ0) is 21.1. The molecule has 0 radical (unpaired) electrons. The maximum atomic E-state index is 13.6. The zero-order valence-electron chi connectivity index (χ0n) is 17.5. The first kappa shape index (κ1) is 19.9. The third kappa shape index (κ3) is 3.63. The average Bonchev–Trinajstić information content (AvgIpc) is 3.20. The highest BCUT2D eigenvalue weighted by atomic mass is 16.5. The Morgan fingerprint density at radius 1 is 1.10 bits per heavy atom. The molecule has 1 aromatic carbocycles. The molecule has 0 spiro atoms. The van der Waals surface area contributed by atoms with Crippen LogP contribution in [0, 0.1) is 0 Å². The first-order valence-corrected chi connectivity index (χ1v) is 10.1. The van der Waals surface area contributed by atoms with Gasteiger partial charge in [0.1, 0.15) is 0 Å². The number of ether oxygens (including phenoxy) is 2. The van der Waals surface area contributed by atoms with Gasteiger partial charge in [-0.15, -0.1) is 0 Å². The van der Waals surface area contributed by atoms with Gasteiger partial charge in [-0.05, 0) is 49.1 Å². The minimum atomic E-state index is -0.105. The molecule has 7 heteroatoms. The third-order valence-electron chi connectivity index (χ3n) is 5.56. The molecule has 1 amide bonds. The van der Waals surface area contributed by atoms with Crippen molar-refractivity contribution in [2.45, 2.75) is 25.3 Å². The van der Waals surface area contributed by atoms with Crippen molar-refractivity contribution >= 4 is 5.91 Å². The average molecular weight is 406 g/mol. The largest absolute Gasteiger partial charge is 0.493 e. The fourth-order valence-corrected chi connectivity index (χ4v) is 4.17. The van der Waals surface area contributed by atoms with Crippen LogP contribution in [0.4, 0.5) is 0 Å². The molecule has 1 unspecified atom stereocenters. The minimum Gasteiger partial charge on any atom is -0.493 e. The van der Waals surface area contributed by atoms with Crippen LogP contribution in [0.1, 0.15) is 41.4 Å². The second-order valence-corrected chi connectivity index (χ2v) is 7.39. The molecule has 0 aliphatic carbocycles. The maximum absolute atomic E-state index is 13.6. The van der Waals surface area contributed by atoms with Crippen molar-refractivity contribution < 1.29 is 14.3 Å². The van der Waals surface area contributed by atoms with E-state index in [4.69, 9.17) is 14.6 Å². The Morgan fingerprint density at radius 3 is 2.63 bits per heavy atom. The zero-order valence-corrected chi connectivity index (χ0v) is 17.5. The molecule has 0 bridgehead atoms. The van der Waals surface area contributed by atoms with Crippen molar-refractivity contribution in [1.29, 1.82) is 0 Å². The topological polar surface area (TPSA) is 69.5 Å². The molecular weight excluding hydrogens is 380 g/mol. The highest BCUT2D eigenvalue weighted by molar-refractivity contribution is 5.98. The van der Waals surface area contributed by atoms with Gasteiger partial charge in [0.15, 0.2) is 11.5 Å². The number of rotatable bonds is 5. The van der Waals surface area contributed by atoms with E-state index in [2.05, 4.69) is 4.98 Å². The highest BCUT2D eigenvalue weighted by Crippen LogP contribution is 2.39. The Bertz CT molecular complexity index is 1030. The molecule has 30 heavy (non-hydrogen) atoms. The molecule has 1 aliphatic heterocycles. The lowest BCUT2D eigenvalue weighted by atomic mass is 9.94. The van der Waals surface area contributed by atoms with Crippen molar-refractivity contribution in [3.05, 3.63) is 60.2 Å². The number of para-hydroxylation sites is 1. The fraction of sp³-hybridized carbons (Fsp3) is 0.348. The predicted molar refractivity (Wildman–Crippen MR) is 114 cm³/mol. The Labute approximate surface area is 176 Å².